The molecule has 1 aromatic heterocycles. The fourth-order valence-corrected chi connectivity index (χ4v) is 1.49. The third kappa shape index (κ3) is 5.61. The van der Waals surface area contributed by atoms with Gasteiger partial charge < -0.3 is 9.47 Å². The van der Waals surface area contributed by atoms with E-state index in [0.717, 1.165) is 0 Å². The molecule has 0 aliphatic carbocycles. The largest absolute Gasteiger partial charge is 0.477 e. The van der Waals surface area contributed by atoms with Crippen LogP contribution >= 0.6 is 0 Å². The Bertz CT molecular complexity index is 496. The maximum atomic E-state index is 11.9. The number of nitrogens with zero attached hydrogens (tertiary/aromatic N) is 2. The lowest BCUT2D eigenvalue weighted by molar-refractivity contribution is 0.0520. The van der Waals surface area contributed by atoms with Crippen LogP contribution in [0.4, 0.5) is 0 Å². The fraction of sp³-hybridized carbons (Fsp3) is 0.625. The van der Waals surface area contributed by atoms with Gasteiger partial charge in [0, 0.05) is 6.20 Å². The smallest absolute Gasteiger partial charge is 0.345 e. The van der Waals surface area contributed by atoms with E-state index in [1.54, 1.807) is 11.6 Å². The molecule has 5 nitrogen and oxygen atoms in total. The van der Waals surface area contributed by atoms with Gasteiger partial charge in [-0.15, -0.1) is 0 Å². The second-order valence-electron chi connectivity index (χ2n) is 6.42. The molecule has 0 bridgehead atoms. The molecule has 0 fully saturated rings. The number of hydrogen-bond acceptors (Lipinski definition) is 4. The molecule has 0 saturated carbocycles. The van der Waals surface area contributed by atoms with Crippen molar-refractivity contribution in [3.05, 3.63) is 17.8 Å². The molecule has 21 heavy (non-hydrogen) atoms. The standard InChI is InChI=1S/C16H26N2O3/c1-7-20-15(19)13-10-17-18(9-8-16(4,5)6)14(13)21-11-12(2)3/h8-10,12H,7,11H2,1-6H3/b9-8+. The lowest BCUT2D eigenvalue weighted by Crippen LogP contribution is -2.12. The van der Waals surface area contributed by atoms with Gasteiger partial charge in [-0.2, -0.15) is 5.10 Å². The molecule has 0 unspecified atom stereocenters. The number of carbonyl (C=O) groups is 1. The first-order valence-corrected chi connectivity index (χ1v) is 7.31. The molecule has 1 aromatic rings. The number of rotatable bonds is 6. The van der Waals surface area contributed by atoms with Crippen molar-refractivity contribution < 1.29 is 14.3 Å². The Morgan fingerprint density at radius 1 is 1.43 bits per heavy atom. The first-order chi connectivity index (χ1) is 9.74. The lowest BCUT2D eigenvalue weighted by atomic mass is 9.97. The van der Waals surface area contributed by atoms with Crippen molar-refractivity contribution in [2.24, 2.45) is 11.3 Å². The van der Waals surface area contributed by atoms with E-state index in [4.69, 9.17) is 9.47 Å². The first kappa shape index (κ1) is 17.3. The first-order valence-electron chi connectivity index (χ1n) is 7.31. The zero-order valence-electron chi connectivity index (χ0n) is 13.8. The van der Waals surface area contributed by atoms with Gasteiger partial charge in [-0.05, 0) is 18.3 Å². The predicted octanol–water partition coefficient (Wildman–Crippen LogP) is 3.61. The van der Waals surface area contributed by atoms with Crippen LogP contribution < -0.4 is 4.74 Å². The highest BCUT2D eigenvalue weighted by molar-refractivity contribution is 5.91. The molecule has 0 aliphatic rings. The number of carbonyl (C=O) groups excluding carboxylic acids is 1. The van der Waals surface area contributed by atoms with Gasteiger partial charge in [0.2, 0.25) is 5.88 Å². The average molecular weight is 294 g/mol. The van der Waals surface area contributed by atoms with Crippen molar-refractivity contribution in [1.29, 1.82) is 0 Å². The van der Waals surface area contributed by atoms with Crippen LogP contribution in [0, 0.1) is 11.3 Å². The van der Waals surface area contributed by atoms with Crippen LogP contribution in [0.25, 0.3) is 6.20 Å². The molecular formula is C16H26N2O3. The van der Waals surface area contributed by atoms with Crippen LogP contribution in [0.2, 0.25) is 0 Å². The summed E-state index contributed by atoms with van der Waals surface area (Å²) in [5, 5.41) is 4.20. The van der Waals surface area contributed by atoms with Crippen LogP contribution in [0.1, 0.15) is 51.9 Å². The van der Waals surface area contributed by atoms with E-state index >= 15 is 0 Å². The summed E-state index contributed by atoms with van der Waals surface area (Å²) < 4.78 is 12.4. The topological polar surface area (TPSA) is 53.3 Å². The van der Waals surface area contributed by atoms with Gasteiger partial charge in [-0.1, -0.05) is 40.7 Å². The Balaban J connectivity index is 3.07. The highest BCUT2D eigenvalue weighted by Gasteiger charge is 2.20. The van der Waals surface area contributed by atoms with E-state index in [-0.39, 0.29) is 5.41 Å². The fourth-order valence-electron chi connectivity index (χ4n) is 1.49. The summed E-state index contributed by atoms with van der Waals surface area (Å²) in [5.74, 6) is 0.379. The Hall–Kier alpha value is -1.78. The van der Waals surface area contributed by atoms with Crippen LogP contribution in [-0.2, 0) is 4.74 Å². The monoisotopic (exact) mass is 294 g/mol. The summed E-state index contributed by atoms with van der Waals surface area (Å²) in [5.41, 5.74) is 0.377. The maximum absolute atomic E-state index is 11.9. The minimum absolute atomic E-state index is 0.0192. The Morgan fingerprint density at radius 3 is 2.62 bits per heavy atom. The van der Waals surface area contributed by atoms with E-state index in [9.17, 15) is 4.79 Å². The second kappa shape index (κ2) is 7.29. The highest BCUT2D eigenvalue weighted by atomic mass is 16.5. The quantitative estimate of drug-likeness (QED) is 0.752. The van der Waals surface area contributed by atoms with E-state index in [1.807, 2.05) is 12.3 Å². The van der Waals surface area contributed by atoms with Gasteiger partial charge in [0.25, 0.3) is 0 Å². The summed E-state index contributed by atoms with van der Waals surface area (Å²) in [4.78, 5) is 11.9. The molecule has 0 aromatic carbocycles. The van der Waals surface area contributed by atoms with Crippen molar-refractivity contribution in [3.8, 4) is 5.88 Å². The van der Waals surface area contributed by atoms with Crippen LogP contribution in [0.5, 0.6) is 5.88 Å². The Kier molecular flexibility index (Phi) is 6.00. The minimum Gasteiger partial charge on any atom is -0.477 e. The number of hydrogen-bond donors (Lipinski definition) is 0. The van der Waals surface area contributed by atoms with Crippen molar-refractivity contribution in [2.45, 2.75) is 41.5 Å². The van der Waals surface area contributed by atoms with Crippen molar-refractivity contribution >= 4 is 12.2 Å². The predicted molar refractivity (Wildman–Crippen MR) is 83.3 cm³/mol. The Labute approximate surface area is 126 Å². The Morgan fingerprint density at radius 2 is 2.10 bits per heavy atom. The normalized spacial score (nSPS) is 12.1. The lowest BCUT2D eigenvalue weighted by Gasteiger charge is -2.13. The summed E-state index contributed by atoms with van der Waals surface area (Å²) in [6.07, 6.45) is 5.32. The third-order valence-electron chi connectivity index (χ3n) is 2.51. The molecule has 118 valence electrons. The average Bonchev–Trinajstić information content (AvgIpc) is 2.76. The summed E-state index contributed by atoms with van der Waals surface area (Å²) in [6.45, 7) is 13.0. The van der Waals surface area contributed by atoms with Crippen LogP contribution in [-0.4, -0.2) is 29.0 Å². The minimum atomic E-state index is -0.410. The summed E-state index contributed by atoms with van der Waals surface area (Å²) in [6, 6.07) is 0. The zero-order chi connectivity index (χ0) is 16.0. The second-order valence-corrected chi connectivity index (χ2v) is 6.42. The molecule has 0 radical (unpaired) electrons. The number of esters is 1. The molecule has 0 N–H and O–H groups in total. The van der Waals surface area contributed by atoms with Crippen LogP contribution in [0.3, 0.4) is 0 Å². The molecular weight excluding hydrogens is 268 g/mol. The SMILES string of the molecule is CCOC(=O)c1cnn(/C=C/C(C)(C)C)c1OCC(C)C. The van der Waals surface area contributed by atoms with Gasteiger partial charge in [0.1, 0.15) is 5.56 Å². The van der Waals surface area contributed by atoms with E-state index in [2.05, 4.69) is 39.7 Å². The number of ether oxygens (including phenoxy) is 2. The van der Waals surface area contributed by atoms with E-state index < -0.39 is 5.97 Å². The van der Waals surface area contributed by atoms with Gasteiger partial charge in [-0.3, -0.25) is 0 Å². The maximum Gasteiger partial charge on any atom is 0.345 e. The van der Waals surface area contributed by atoms with Crippen molar-refractivity contribution in [2.75, 3.05) is 13.2 Å². The molecule has 5 heteroatoms. The highest BCUT2D eigenvalue weighted by Crippen LogP contribution is 2.22. The summed E-state index contributed by atoms with van der Waals surface area (Å²) >= 11 is 0. The summed E-state index contributed by atoms with van der Waals surface area (Å²) in [7, 11) is 0. The van der Waals surface area contributed by atoms with Gasteiger partial charge >= 0.3 is 5.97 Å². The van der Waals surface area contributed by atoms with Crippen molar-refractivity contribution in [3.63, 3.8) is 0 Å². The number of allylic oxidation sites excluding steroid dienone is 1. The molecule has 0 atom stereocenters. The molecule has 0 amide bonds. The number of aromatic nitrogens is 2. The van der Waals surface area contributed by atoms with Gasteiger partial charge in [0.15, 0.2) is 0 Å². The zero-order valence-corrected chi connectivity index (χ0v) is 13.8. The molecule has 0 aliphatic heterocycles. The molecule has 0 saturated heterocycles. The van der Waals surface area contributed by atoms with Crippen molar-refractivity contribution in [1.82, 2.24) is 9.78 Å². The molecule has 1 rings (SSSR count). The van der Waals surface area contributed by atoms with Gasteiger partial charge in [0.05, 0.1) is 19.4 Å². The molecule has 1 heterocycles. The third-order valence-corrected chi connectivity index (χ3v) is 2.51. The van der Waals surface area contributed by atoms with Crippen LogP contribution in [0.15, 0.2) is 12.3 Å². The van der Waals surface area contributed by atoms with E-state index in [0.29, 0.717) is 30.6 Å². The van der Waals surface area contributed by atoms with Gasteiger partial charge in [-0.25, -0.2) is 9.48 Å². The molecule has 0 spiro atoms. The van der Waals surface area contributed by atoms with E-state index in [1.165, 1.54) is 6.20 Å².